The largest absolute Gasteiger partial charge is 0.462 e. The number of fused-ring (bicyclic) bond motifs is 2. The van der Waals surface area contributed by atoms with E-state index in [-0.39, 0.29) is 23.4 Å². The number of rotatable bonds is 2. The molecule has 0 aromatic rings. The molecule has 1 unspecified atom stereocenters. The Morgan fingerprint density at radius 3 is 2.31 bits per heavy atom. The zero-order chi connectivity index (χ0) is 12.1. The normalized spacial score (nSPS) is 40.4. The number of carbonyl (C=O) groups excluding carboxylic acids is 1. The highest BCUT2D eigenvalue weighted by Gasteiger charge is 2.62. The Hall–Kier alpha value is -0.530. The Bertz CT molecular complexity index is 306. The summed E-state index contributed by atoms with van der Waals surface area (Å²) < 4.78 is 5.71. The van der Waals surface area contributed by atoms with Gasteiger partial charge in [-0.25, -0.2) is 0 Å². The molecule has 0 aromatic carbocycles. The molecule has 0 heterocycles. The number of ether oxygens (including phenoxy) is 1. The maximum Gasteiger partial charge on any atom is 0.308 e. The third kappa shape index (κ3) is 1.42. The number of hydrogen-bond acceptors (Lipinski definition) is 2. The number of esters is 1. The molecular weight excluding hydrogens is 200 g/mol. The summed E-state index contributed by atoms with van der Waals surface area (Å²) in [6.07, 6.45) is 3.73. The minimum Gasteiger partial charge on any atom is -0.462 e. The van der Waals surface area contributed by atoms with E-state index in [1.807, 2.05) is 13.8 Å². The Labute approximate surface area is 98.7 Å². The SMILES string of the molecule is CC(C)C(=O)O[C@H]1CC2CC[C@@]1(C)C2(C)C. The molecule has 2 rings (SSSR count). The van der Waals surface area contributed by atoms with Gasteiger partial charge in [0, 0.05) is 5.41 Å². The minimum atomic E-state index is -0.0328. The molecular formula is C14H24O2. The highest BCUT2D eigenvalue weighted by atomic mass is 16.5. The predicted octanol–water partition coefficient (Wildman–Crippen LogP) is 3.40. The monoisotopic (exact) mass is 224 g/mol. The Morgan fingerprint density at radius 2 is 1.94 bits per heavy atom. The van der Waals surface area contributed by atoms with E-state index >= 15 is 0 Å². The average molecular weight is 224 g/mol. The van der Waals surface area contributed by atoms with Crippen molar-refractivity contribution >= 4 is 5.97 Å². The molecule has 16 heavy (non-hydrogen) atoms. The molecule has 0 spiro atoms. The van der Waals surface area contributed by atoms with Gasteiger partial charge < -0.3 is 4.74 Å². The van der Waals surface area contributed by atoms with E-state index in [9.17, 15) is 4.79 Å². The van der Waals surface area contributed by atoms with Crippen LogP contribution in [0.2, 0.25) is 0 Å². The number of hydrogen-bond donors (Lipinski definition) is 0. The van der Waals surface area contributed by atoms with Crippen LogP contribution in [0.4, 0.5) is 0 Å². The van der Waals surface area contributed by atoms with Gasteiger partial charge in [0.1, 0.15) is 6.10 Å². The quantitative estimate of drug-likeness (QED) is 0.672. The lowest BCUT2D eigenvalue weighted by molar-refractivity contribution is -0.160. The van der Waals surface area contributed by atoms with Crippen molar-refractivity contribution in [2.45, 2.75) is 60.0 Å². The van der Waals surface area contributed by atoms with Gasteiger partial charge in [-0.2, -0.15) is 0 Å². The lowest BCUT2D eigenvalue weighted by atomic mass is 9.70. The summed E-state index contributed by atoms with van der Waals surface area (Å²) in [5.74, 6) is 0.697. The highest BCUT2D eigenvalue weighted by Crippen LogP contribution is 2.66. The fourth-order valence-electron chi connectivity index (χ4n) is 3.58. The van der Waals surface area contributed by atoms with Crippen LogP contribution in [0.5, 0.6) is 0 Å². The van der Waals surface area contributed by atoms with Crippen molar-refractivity contribution in [1.29, 1.82) is 0 Å². The van der Waals surface area contributed by atoms with Crippen LogP contribution >= 0.6 is 0 Å². The molecule has 2 heteroatoms. The summed E-state index contributed by atoms with van der Waals surface area (Å²) in [6, 6.07) is 0. The molecule has 0 N–H and O–H groups in total. The Balaban J connectivity index is 2.13. The van der Waals surface area contributed by atoms with Crippen molar-refractivity contribution in [3.63, 3.8) is 0 Å². The van der Waals surface area contributed by atoms with Gasteiger partial charge in [0.15, 0.2) is 0 Å². The summed E-state index contributed by atoms with van der Waals surface area (Å²) >= 11 is 0. The second-order valence-electron chi connectivity index (χ2n) is 6.69. The van der Waals surface area contributed by atoms with E-state index in [0.717, 1.165) is 12.3 Å². The first-order chi connectivity index (χ1) is 7.29. The maximum absolute atomic E-state index is 11.7. The second kappa shape index (κ2) is 3.48. The summed E-state index contributed by atoms with van der Waals surface area (Å²) in [7, 11) is 0. The van der Waals surface area contributed by atoms with Gasteiger partial charge in [0.05, 0.1) is 5.92 Å². The van der Waals surface area contributed by atoms with E-state index in [1.54, 1.807) is 0 Å². The lowest BCUT2D eigenvalue weighted by Gasteiger charge is -2.38. The maximum atomic E-state index is 11.7. The standard InChI is InChI=1S/C14H24O2/c1-9(2)12(15)16-11-8-10-6-7-14(11,5)13(10,3)4/h9-11H,6-8H2,1-5H3/t10?,11-,14+/m0/s1. The lowest BCUT2D eigenvalue weighted by Crippen LogP contribution is -2.39. The fourth-order valence-corrected chi connectivity index (χ4v) is 3.58. The van der Waals surface area contributed by atoms with Crippen LogP contribution in [0.1, 0.15) is 53.9 Å². The Morgan fingerprint density at radius 1 is 1.31 bits per heavy atom. The zero-order valence-electron chi connectivity index (χ0n) is 11.2. The predicted molar refractivity (Wildman–Crippen MR) is 63.9 cm³/mol. The molecule has 0 amide bonds. The van der Waals surface area contributed by atoms with Gasteiger partial charge >= 0.3 is 5.97 Å². The summed E-state index contributed by atoms with van der Waals surface area (Å²) in [5.41, 5.74) is 0.525. The smallest absolute Gasteiger partial charge is 0.308 e. The van der Waals surface area contributed by atoms with Crippen LogP contribution in [-0.2, 0) is 9.53 Å². The van der Waals surface area contributed by atoms with Crippen LogP contribution in [-0.4, -0.2) is 12.1 Å². The first-order valence-electron chi connectivity index (χ1n) is 6.49. The summed E-state index contributed by atoms with van der Waals surface area (Å²) in [5, 5.41) is 0. The van der Waals surface area contributed by atoms with Gasteiger partial charge in [-0.15, -0.1) is 0 Å². The van der Waals surface area contributed by atoms with E-state index < -0.39 is 0 Å². The van der Waals surface area contributed by atoms with Crippen LogP contribution in [0.25, 0.3) is 0 Å². The van der Waals surface area contributed by atoms with E-state index in [1.165, 1.54) is 12.8 Å². The highest BCUT2D eigenvalue weighted by molar-refractivity contribution is 5.71. The van der Waals surface area contributed by atoms with Crippen molar-refractivity contribution in [3.05, 3.63) is 0 Å². The molecule has 0 aromatic heterocycles. The zero-order valence-corrected chi connectivity index (χ0v) is 11.2. The molecule has 0 saturated heterocycles. The van der Waals surface area contributed by atoms with Gasteiger partial charge in [0.25, 0.3) is 0 Å². The van der Waals surface area contributed by atoms with Crippen LogP contribution in [0.3, 0.4) is 0 Å². The molecule has 0 radical (unpaired) electrons. The van der Waals surface area contributed by atoms with E-state index in [4.69, 9.17) is 4.74 Å². The van der Waals surface area contributed by atoms with Crippen LogP contribution in [0, 0.1) is 22.7 Å². The van der Waals surface area contributed by atoms with Crippen molar-refractivity contribution in [2.24, 2.45) is 22.7 Å². The van der Waals surface area contributed by atoms with Gasteiger partial charge in [-0.3, -0.25) is 4.79 Å². The average Bonchev–Trinajstić information content (AvgIpc) is 2.50. The van der Waals surface area contributed by atoms with Gasteiger partial charge in [0.2, 0.25) is 0 Å². The van der Waals surface area contributed by atoms with Crippen LogP contribution < -0.4 is 0 Å². The first kappa shape index (κ1) is 11.9. The molecule has 0 aliphatic heterocycles. The number of carbonyl (C=O) groups is 1. The molecule has 2 nitrogen and oxygen atoms in total. The van der Waals surface area contributed by atoms with Crippen molar-refractivity contribution in [3.8, 4) is 0 Å². The Kier molecular flexibility index (Phi) is 2.60. The second-order valence-corrected chi connectivity index (χ2v) is 6.69. The molecule has 2 saturated carbocycles. The molecule has 92 valence electrons. The summed E-state index contributed by atoms with van der Waals surface area (Å²) in [4.78, 5) is 11.7. The van der Waals surface area contributed by atoms with E-state index in [2.05, 4.69) is 20.8 Å². The van der Waals surface area contributed by atoms with E-state index in [0.29, 0.717) is 5.41 Å². The minimum absolute atomic E-state index is 0.00848. The van der Waals surface area contributed by atoms with Crippen molar-refractivity contribution < 1.29 is 9.53 Å². The first-order valence-corrected chi connectivity index (χ1v) is 6.49. The molecule has 2 bridgehead atoms. The fraction of sp³-hybridized carbons (Fsp3) is 0.929. The summed E-state index contributed by atoms with van der Waals surface area (Å²) in [6.45, 7) is 10.8. The topological polar surface area (TPSA) is 26.3 Å². The molecule has 3 atom stereocenters. The van der Waals surface area contributed by atoms with Crippen molar-refractivity contribution in [2.75, 3.05) is 0 Å². The molecule has 2 aliphatic rings. The van der Waals surface area contributed by atoms with Crippen molar-refractivity contribution in [1.82, 2.24) is 0 Å². The third-order valence-electron chi connectivity index (χ3n) is 5.44. The molecule has 2 aliphatic carbocycles. The third-order valence-corrected chi connectivity index (χ3v) is 5.44. The van der Waals surface area contributed by atoms with Gasteiger partial charge in [-0.1, -0.05) is 34.6 Å². The van der Waals surface area contributed by atoms with Crippen LogP contribution in [0.15, 0.2) is 0 Å². The molecule has 2 fully saturated rings. The van der Waals surface area contributed by atoms with Gasteiger partial charge in [-0.05, 0) is 30.6 Å².